The van der Waals surface area contributed by atoms with Gasteiger partial charge in [0.2, 0.25) is 0 Å². The first kappa shape index (κ1) is 7.63. The highest BCUT2D eigenvalue weighted by molar-refractivity contribution is 5.10. The molecule has 1 N–H and O–H groups in total. The van der Waals surface area contributed by atoms with Crippen LogP contribution in [0.1, 0.15) is 25.3 Å². The van der Waals surface area contributed by atoms with E-state index in [1.165, 1.54) is 32.4 Å². The number of nitrogens with zero attached hydrogens (tertiary/aromatic N) is 1. The number of nitrogens with one attached hydrogen (secondary N) is 1. The maximum atomic E-state index is 3.44. The Morgan fingerprint density at radius 2 is 1.85 bits per heavy atom. The van der Waals surface area contributed by atoms with Gasteiger partial charge in [-0.25, -0.2) is 0 Å². The van der Waals surface area contributed by atoms with E-state index in [4.69, 9.17) is 0 Å². The highest BCUT2D eigenvalue weighted by Crippen LogP contribution is 2.61. The van der Waals surface area contributed by atoms with Crippen LogP contribution in [0.2, 0.25) is 0 Å². The van der Waals surface area contributed by atoms with Gasteiger partial charge in [-0.05, 0) is 49.9 Å². The van der Waals surface area contributed by atoms with Crippen molar-refractivity contribution in [1.29, 1.82) is 0 Å². The van der Waals surface area contributed by atoms with Crippen LogP contribution in [0.4, 0.5) is 0 Å². The number of hydrogen-bond donors (Lipinski definition) is 1. The second-order valence-electron chi connectivity index (χ2n) is 4.46. The first-order valence-electron chi connectivity index (χ1n) is 5.24. The minimum absolute atomic E-state index is 0.671. The van der Waals surface area contributed by atoms with Crippen molar-refractivity contribution < 1.29 is 0 Å². The summed E-state index contributed by atoms with van der Waals surface area (Å²) in [5.41, 5.74) is 0.671. The molecule has 1 spiro atoms. The fourth-order valence-electron chi connectivity index (χ4n) is 2.77. The normalized spacial score (nSPS) is 30.6. The molecule has 0 amide bonds. The van der Waals surface area contributed by atoms with Crippen molar-refractivity contribution in [2.75, 3.05) is 13.1 Å². The molecule has 2 fully saturated rings. The molecule has 13 heavy (non-hydrogen) atoms. The van der Waals surface area contributed by atoms with E-state index >= 15 is 0 Å². The predicted octanol–water partition coefficient (Wildman–Crippen LogP) is 1.80. The largest absolute Gasteiger partial charge is 0.351 e. The Hall–Kier alpha value is -0.760. The first-order chi connectivity index (χ1) is 6.41. The third-order valence-electron chi connectivity index (χ3n) is 3.73. The summed E-state index contributed by atoms with van der Waals surface area (Å²) in [7, 11) is 0. The maximum Gasteiger partial charge on any atom is 0.0394 e. The van der Waals surface area contributed by atoms with Crippen LogP contribution >= 0.6 is 0 Å². The number of aromatic nitrogens is 1. The SMILES string of the molecule is c1ccn(C2CC23CCNCC3)c1. The summed E-state index contributed by atoms with van der Waals surface area (Å²) >= 11 is 0. The van der Waals surface area contributed by atoms with Crippen molar-refractivity contribution in [3.63, 3.8) is 0 Å². The van der Waals surface area contributed by atoms with Gasteiger partial charge in [0, 0.05) is 18.4 Å². The lowest BCUT2D eigenvalue weighted by atomic mass is 9.94. The summed E-state index contributed by atoms with van der Waals surface area (Å²) in [6, 6.07) is 5.07. The van der Waals surface area contributed by atoms with E-state index in [2.05, 4.69) is 34.4 Å². The Bertz CT molecular complexity index is 283. The van der Waals surface area contributed by atoms with Crippen molar-refractivity contribution in [3.05, 3.63) is 24.5 Å². The third kappa shape index (κ3) is 1.12. The molecule has 2 heteroatoms. The lowest BCUT2D eigenvalue weighted by Crippen LogP contribution is -2.30. The van der Waals surface area contributed by atoms with E-state index in [1.807, 2.05) is 0 Å². The Morgan fingerprint density at radius 3 is 2.54 bits per heavy atom. The standard InChI is InChI=1S/C11H16N2/c1-2-8-13(7-1)10-9-11(10)3-5-12-6-4-11/h1-2,7-8,10,12H,3-6,9H2. The van der Waals surface area contributed by atoms with Crippen molar-refractivity contribution in [1.82, 2.24) is 9.88 Å². The molecule has 1 aromatic heterocycles. The van der Waals surface area contributed by atoms with Crippen LogP contribution in [-0.2, 0) is 0 Å². The maximum absolute atomic E-state index is 3.44. The molecule has 1 saturated carbocycles. The van der Waals surface area contributed by atoms with E-state index in [9.17, 15) is 0 Å². The lowest BCUT2D eigenvalue weighted by molar-refractivity contribution is 0.322. The summed E-state index contributed by atoms with van der Waals surface area (Å²) in [5.74, 6) is 0. The topological polar surface area (TPSA) is 17.0 Å². The molecule has 2 heterocycles. The molecule has 0 bridgehead atoms. The zero-order chi connectivity index (χ0) is 8.73. The monoisotopic (exact) mass is 176 g/mol. The van der Waals surface area contributed by atoms with E-state index < -0.39 is 0 Å². The number of rotatable bonds is 1. The molecule has 1 aliphatic heterocycles. The summed E-state index contributed by atoms with van der Waals surface area (Å²) < 4.78 is 2.39. The molecule has 70 valence electrons. The third-order valence-corrected chi connectivity index (χ3v) is 3.73. The molecule has 0 radical (unpaired) electrons. The Labute approximate surface area is 78.9 Å². The quantitative estimate of drug-likeness (QED) is 0.690. The van der Waals surface area contributed by atoms with Gasteiger partial charge in [-0.15, -0.1) is 0 Å². The highest BCUT2D eigenvalue weighted by Gasteiger charge is 2.54. The van der Waals surface area contributed by atoms with Crippen molar-refractivity contribution in [2.24, 2.45) is 5.41 Å². The summed E-state index contributed by atoms with van der Waals surface area (Å²) in [6.07, 6.45) is 8.57. The zero-order valence-electron chi connectivity index (χ0n) is 7.87. The van der Waals surface area contributed by atoms with Crippen molar-refractivity contribution in [2.45, 2.75) is 25.3 Å². The van der Waals surface area contributed by atoms with Gasteiger partial charge < -0.3 is 9.88 Å². The first-order valence-corrected chi connectivity index (χ1v) is 5.24. The fraction of sp³-hybridized carbons (Fsp3) is 0.636. The van der Waals surface area contributed by atoms with E-state index in [0.29, 0.717) is 5.41 Å². The van der Waals surface area contributed by atoms with Gasteiger partial charge in [-0.3, -0.25) is 0 Å². The van der Waals surface area contributed by atoms with Gasteiger partial charge in [0.1, 0.15) is 0 Å². The Kier molecular flexibility index (Phi) is 1.53. The molecule has 1 atom stereocenters. The summed E-state index contributed by atoms with van der Waals surface area (Å²) in [4.78, 5) is 0. The van der Waals surface area contributed by atoms with Crippen molar-refractivity contribution in [3.8, 4) is 0 Å². The summed E-state index contributed by atoms with van der Waals surface area (Å²) in [5, 5.41) is 3.44. The summed E-state index contributed by atoms with van der Waals surface area (Å²) in [6.45, 7) is 2.44. The average Bonchev–Trinajstić information content (AvgIpc) is 2.68. The molecule has 1 aliphatic carbocycles. The average molecular weight is 176 g/mol. The van der Waals surface area contributed by atoms with Crippen LogP contribution in [-0.4, -0.2) is 17.7 Å². The molecule has 1 unspecified atom stereocenters. The second kappa shape index (κ2) is 2.61. The van der Waals surface area contributed by atoms with Crippen LogP contribution in [0, 0.1) is 5.41 Å². The molecule has 0 aromatic carbocycles. The van der Waals surface area contributed by atoms with Crippen LogP contribution in [0.3, 0.4) is 0 Å². The molecule has 2 nitrogen and oxygen atoms in total. The van der Waals surface area contributed by atoms with Crippen LogP contribution in [0.25, 0.3) is 0 Å². The van der Waals surface area contributed by atoms with E-state index in [1.54, 1.807) is 0 Å². The van der Waals surface area contributed by atoms with Gasteiger partial charge in [-0.1, -0.05) is 0 Å². The lowest BCUT2D eigenvalue weighted by Gasteiger charge is -2.23. The van der Waals surface area contributed by atoms with Gasteiger partial charge in [0.25, 0.3) is 0 Å². The van der Waals surface area contributed by atoms with E-state index in [0.717, 1.165) is 6.04 Å². The molecular weight excluding hydrogens is 160 g/mol. The van der Waals surface area contributed by atoms with Gasteiger partial charge in [-0.2, -0.15) is 0 Å². The second-order valence-corrected chi connectivity index (χ2v) is 4.46. The van der Waals surface area contributed by atoms with Crippen LogP contribution in [0.5, 0.6) is 0 Å². The molecule has 1 aromatic rings. The zero-order valence-corrected chi connectivity index (χ0v) is 7.87. The fourth-order valence-corrected chi connectivity index (χ4v) is 2.77. The van der Waals surface area contributed by atoms with Gasteiger partial charge in [0.05, 0.1) is 0 Å². The minimum atomic E-state index is 0.671. The van der Waals surface area contributed by atoms with Gasteiger partial charge in [0.15, 0.2) is 0 Å². The Morgan fingerprint density at radius 1 is 1.15 bits per heavy atom. The van der Waals surface area contributed by atoms with Crippen LogP contribution < -0.4 is 5.32 Å². The van der Waals surface area contributed by atoms with E-state index in [-0.39, 0.29) is 0 Å². The number of piperidine rings is 1. The molecule has 3 rings (SSSR count). The van der Waals surface area contributed by atoms with Crippen LogP contribution in [0.15, 0.2) is 24.5 Å². The molecular formula is C11H16N2. The molecule has 1 saturated heterocycles. The van der Waals surface area contributed by atoms with Gasteiger partial charge >= 0.3 is 0 Å². The Balaban J connectivity index is 1.77. The molecule has 2 aliphatic rings. The smallest absolute Gasteiger partial charge is 0.0394 e. The predicted molar refractivity (Wildman–Crippen MR) is 52.6 cm³/mol. The van der Waals surface area contributed by atoms with Crippen molar-refractivity contribution >= 4 is 0 Å². The highest BCUT2D eigenvalue weighted by atomic mass is 15.1. The minimum Gasteiger partial charge on any atom is -0.351 e. The number of hydrogen-bond acceptors (Lipinski definition) is 1.